The van der Waals surface area contributed by atoms with E-state index in [1.165, 1.54) is 0 Å². The zero-order chi connectivity index (χ0) is 23.4. The minimum absolute atomic E-state index is 0.0416. The molecule has 9 nitrogen and oxygen atoms in total. The van der Waals surface area contributed by atoms with Gasteiger partial charge in [-0.05, 0) is 13.3 Å². The Morgan fingerprint density at radius 1 is 1.19 bits per heavy atom. The fraction of sp³-hybridized carbons (Fsp3) is 0.545. The Labute approximate surface area is 181 Å². The van der Waals surface area contributed by atoms with Crippen LogP contribution in [-0.4, -0.2) is 57.3 Å². The van der Waals surface area contributed by atoms with Crippen molar-refractivity contribution < 1.29 is 38.7 Å². The lowest BCUT2D eigenvalue weighted by atomic mass is 9.68. The van der Waals surface area contributed by atoms with Crippen LogP contribution in [0.3, 0.4) is 0 Å². The maximum atomic E-state index is 13.4. The third kappa shape index (κ3) is 4.41. The molecular weight excluding hydrogens is 404 g/mol. The van der Waals surface area contributed by atoms with Gasteiger partial charge in [0, 0.05) is 17.4 Å². The minimum atomic E-state index is -1.87. The summed E-state index contributed by atoms with van der Waals surface area (Å²) in [5, 5.41) is 23.8. The van der Waals surface area contributed by atoms with Gasteiger partial charge >= 0.3 is 11.9 Å². The maximum absolute atomic E-state index is 13.4. The number of nitrogens with zero attached hydrogens (tertiary/aromatic N) is 2. The fourth-order valence-electron chi connectivity index (χ4n) is 4.45. The summed E-state index contributed by atoms with van der Waals surface area (Å²) in [6, 6.07) is 8.62. The Bertz CT molecular complexity index is 849. The van der Waals surface area contributed by atoms with Crippen molar-refractivity contribution in [2.24, 2.45) is 5.41 Å². The highest BCUT2D eigenvalue weighted by Crippen LogP contribution is 2.47. The third-order valence-corrected chi connectivity index (χ3v) is 5.87. The first-order valence-electron chi connectivity index (χ1n) is 10.3. The van der Waals surface area contributed by atoms with Crippen molar-refractivity contribution in [3.05, 3.63) is 35.9 Å². The number of carbonyl (C=O) groups excluding carboxylic acids is 3. The van der Waals surface area contributed by atoms with Crippen molar-refractivity contribution in [2.75, 3.05) is 13.2 Å². The van der Waals surface area contributed by atoms with Crippen LogP contribution in [-0.2, 0) is 25.7 Å². The van der Waals surface area contributed by atoms with Gasteiger partial charge in [-0.15, -0.1) is 0 Å². The van der Waals surface area contributed by atoms with Crippen LogP contribution in [0.25, 0.3) is 0 Å². The normalized spacial score (nSPS) is 23.8. The summed E-state index contributed by atoms with van der Waals surface area (Å²) in [4.78, 5) is 50.8. The molecule has 2 rings (SSSR count). The van der Waals surface area contributed by atoms with Crippen LogP contribution < -0.4 is 5.11 Å². The van der Waals surface area contributed by atoms with Gasteiger partial charge in [-0.1, -0.05) is 51.1 Å². The summed E-state index contributed by atoms with van der Waals surface area (Å²) in [5.41, 5.74) is -2.32. The van der Waals surface area contributed by atoms with E-state index >= 15 is 0 Å². The number of quaternary nitrogens is 1. The summed E-state index contributed by atoms with van der Waals surface area (Å²) >= 11 is 0. The van der Waals surface area contributed by atoms with Crippen molar-refractivity contribution in [2.45, 2.75) is 59.0 Å². The minimum Gasteiger partial charge on any atom is -0.496 e. The zero-order valence-electron chi connectivity index (χ0n) is 18.4. The van der Waals surface area contributed by atoms with Crippen LogP contribution in [0.15, 0.2) is 30.3 Å². The number of hydrogen-bond donors (Lipinski definition) is 1. The lowest BCUT2D eigenvalue weighted by Crippen LogP contribution is -2.81. The number of amides is 2. The molecule has 170 valence electrons. The molecule has 31 heavy (non-hydrogen) atoms. The first-order chi connectivity index (χ1) is 14.4. The first-order valence-corrected chi connectivity index (χ1v) is 10.3. The molecule has 2 unspecified atom stereocenters. The van der Waals surface area contributed by atoms with Crippen LogP contribution >= 0.6 is 0 Å². The van der Waals surface area contributed by atoms with Gasteiger partial charge in [-0.2, -0.15) is 9.60 Å². The van der Waals surface area contributed by atoms with E-state index < -0.39 is 45.9 Å². The number of carbonyl (C=O) groups is 4. The fourth-order valence-corrected chi connectivity index (χ4v) is 4.45. The molecule has 0 aromatic heterocycles. The van der Waals surface area contributed by atoms with Crippen molar-refractivity contribution in [3.8, 4) is 0 Å². The highest BCUT2D eigenvalue weighted by atomic mass is 16.5. The van der Waals surface area contributed by atoms with E-state index in [9.17, 15) is 29.4 Å². The molecule has 1 saturated heterocycles. The Morgan fingerprint density at radius 2 is 1.81 bits per heavy atom. The van der Waals surface area contributed by atoms with Crippen LogP contribution in [0.1, 0.15) is 52.5 Å². The Morgan fingerprint density at radius 3 is 2.29 bits per heavy atom. The summed E-state index contributed by atoms with van der Waals surface area (Å²) in [6.45, 7) is 6.31. The molecule has 1 N–H and O–H groups in total. The van der Waals surface area contributed by atoms with Crippen molar-refractivity contribution >= 4 is 23.9 Å². The number of esters is 1. The number of carboxylic acid groups (broad SMARTS) is 2. The second-order valence-electron chi connectivity index (χ2n) is 8.76. The number of hydrogen-bond acceptors (Lipinski definition) is 6. The van der Waals surface area contributed by atoms with Gasteiger partial charge in [-0.3, -0.25) is 9.59 Å². The Hall–Kier alpha value is -2.94. The van der Waals surface area contributed by atoms with Gasteiger partial charge in [0.15, 0.2) is 5.54 Å². The van der Waals surface area contributed by atoms with Gasteiger partial charge in [0.2, 0.25) is 0 Å². The predicted molar refractivity (Wildman–Crippen MR) is 108 cm³/mol. The van der Waals surface area contributed by atoms with E-state index in [-0.39, 0.29) is 32.5 Å². The molecule has 2 amide bonds. The van der Waals surface area contributed by atoms with E-state index in [1.807, 2.05) is 0 Å². The topological polar surface area (TPSA) is 124 Å². The smallest absolute Gasteiger partial charge is 0.335 e. The second-order valence-corrected chi connectivity index (χ2v) is 8.76. The number of aliphatic carboxylic acids is 1. The lowest BCUT2D eigenvalue weighted by molar-refractivity contribution is -0.997. The third-order valence-electron chi connectivity index (χ3n) is 5.87. The molecule has 1 fully saturated rings. The number of rotatable bonds is 6. The average Bonchev–Trinajstić information content (AvgIpc) is 2.67. The van der Waals surface area contributed by atoms with E-state index in [1.54, 1.807) is 58.0 Å². The molecule has 1 aliphatic rings. The molecule has 1 heterocycles. The SMILES string of the molecule is CCOC(=O)CC(=O)N1C(C(=O)O)(C(C)(C)C)CCC[N+]1(Cc1ccccc1)C(=O)[O-]. The average molecular weight is 434 g/mol. The van der Waals surface area contributed by atoms with Crippen molar-refractivity contribution in [3.63, 3.8) is 0 Å². The van der Waals surface area contributed by atoms with Gasteiger partial charge in [-0.25, -0.2) is 4.79 Å². The van der Waals surface area contributed by atoms with Crippen LogP contribution in [0.2, 0.25) is 0 Å². The highest BCUT2D eigenvalue weighted by molar-refractivity contribution is 5.97. The van der Waals surface area contributed by atoms with Gasteiger partial charge in [0.05, 0.1) is 6.61 Å². The van der Waals surface area contributed by atoms with Gasteiger partial charge in [0.1, 0.15) is 19.5 Å². The summed E-state index contributed by atoms with van der Waals surface area (Å²) in [6.07, 6.45) is -2.08. The Balaban J connectivity index is 2.73. The largest absolute Gasteiger partial charge is 0.496 e. The molecule has 9 heteroatoms. The number of benzene rings is 1. The molecule has 0 radical (unpaired) electrons. The molecule has 1 aromatic carbocycles. The number of ether oxygens (including phenoxy) is 1. The van der Waals surface area contributed by atoms with Crippen LogP contribution in [0, 0.1) is 5.41 Å². The van der Waals surface area contributed by atoms with E-state index in [0.717, 1.165) is 5.01 Å². The number of carboxylic acids is 1. The van der Waals surface area contributed by atoms with Crippen LogP contribution in [0.5, 0.6) is 0 Å². The quantitative estimate of drug-likeness (QED) is 0.410. The summed E-state index contributed by atoms with van der Waals surface area (Å²) in [7, 11) is 0. The summed E-state index contributed by atoms with van der Waals surface area (Å²) in [5.74, 6) is -3.09. The van der Waals surface area contributed by atoms with E-state index in [0.29, 0.717) is 5.56 Å². The summed E-state index contributed by atoms with van der Waals surface area (Å²) < 4.78 is 3.82. The Kier molecular flexibility index (Phi) is 7.10. The predicted octanol–water partition coefficient (Wildman–Crippen LogP) is 1.71. The lowest BCUT2D eigenvalue weighted by Gasteiger charge is -2.58. The molecule has 0 aliphatic carbocycles. The van der Waals surface area contributed by atoms with Gasteiger partial charge in [0.25, 0.3) is 12.0 Å². The molecule has 0 spiro atoms. The monoisotopic (exact) mass is 434 g/mol. The molecule has 1 aromatic rings. The molecular formula is C22H30N2O7. The van der Waals surface area contributed by atoms with Gasteiger partial charge < -0.3 is 19.7 Å². The van der Waals surface area contributed by atoms with E-state index in [4.69, 9.17) is 4.74 Å². The standard InChI is InChI=1S/C22H30N2O7/c1-5-31-18(26)14-17(25)23-22(19(27)28,21(2,3)4)12-9-13-24(23,20(29)30)15-16-10-7-6-8-11-16/h6-8,10-11H,5,9,12-15H2,1-4H3,(H-,27,28,29,30). The molecule has 1 aliphatic heterocycles. The second kappa shape index (κ2) is 9.05. The molecule has 0 saturated carbocycles. The first kappa shape index (κ1) is 24.3. The zero-order valence-corrected chi connectivity index (χ0v) is 18.4. The van der Waals surface area contributed by atoms with Crippen molar-refractivity contribution in [1.82, 2.24) is 5.01 Å². The van der Waals surface area contributed by atoms with E-state index in [2.05, 4.69) is 0 Å². The highest BCUT2D eigenvalue weighted by Gasteiger charge is 2.65. The maximum Gasteiger partial charge on any atom is 0.335 e. The van der Waals surface area contributed by atoms with Crippen LogP contribution in [0.4, 0.5) is 4.79 Å². The molecule has 0 bridgehead atoms. The van der Waals surface area contributed by atoms with Crippen molar-refractivity contribution in [1.29, 1.82) is 0 Å². The molecule has 2 atom stereocenters.